The number of nitrogens with one attached hydrogen (secondary N) is 2. The summed E-state index contributed by atoms with van der Waals surface area (Å²) in [5.74, 6) is -0.638. The number of rotatable bonds is 5. The van der Waals surface area contributed by atoms with Gasteiger partial charge in [0.2, 0.25) is 0 Å². The zero-order chi connectivity index (χ0) is 16.2. The number of allylic oxidation sites excluding steroid dienone is 1. The number of aromatic amines is 1. The molecule has 1 aromatic carbocycles. The molecule has 2 rings (SSSR count). The molecule has 0 aliphatic rings. The second-order valence-corrected chi connectivity index (χ2v) is 4.59. The molecule has 0 radical (unpaired) electrons. The summed E-state index contributed by atoms with van der Waals surface area (Å²) in [4.78, 5) is 14.7. The molecule has 0 spiro atoms. The van der Waals surface area contributed by atoms with Crippen molar-refractivity contribution in [2.24, 2.45) is 0 Å². The highest BCUT2D eigenvalue weighted by atomic mass is 19.4. The van der Waals surface area contributed by atoms with Crippen LogP contribution in [0.1, 0.15) is 23.8 Å². The number of alkyl halides is 3. The van der Waals surface area contributed by atoms with Crippen molar-refractivity contribution < 1.29 is 22.7 Å². The molecular weight excluding hydrogens is 297 g/mol. The van der Waals surface area contributed by atoms with E-state index in [9.17, 15) is 18.0 Å². The third kappa shape index (κ3) is 4.28. The molecular formula is C15H15F3N2O2. The number of halogens is 3. The molecule has 22 heavy (non-hydrogen) atoms. The van der Waals surface area contributed by atoms with Crippen LogP contribution in [-0.2, 0) is 0 Å². The Kier molecular flexibility index (Phi) is 4.75. The normalized spacial score (nSPS) is 12.0. The Bertz CT molecular complexity index is 690. The van der Waals surface area contributed by atoms with Crippen molar-refractivity contribution in [2.75, 3.05) is 6.54 Å². The molecule has 7 heteroatoms. The number of fused-ring (bicyclic) bond motifs is 1. The predicted molar refractivity (Wildman–Crippen MR) is 76.7 cm³/mol. The Morgan fingerprint density at radius 3 is 2.82 bits per heavy atom. The summed E-state index contributed by atoms with van der Waals surface area (Å²) in [6.07, 6.45) is -0.219. The topological polar surface area (TPSA) is 54.1 Å². The summed E-state index contributed by atoms with van der Waals surface area (Å²) in [7, 11) is 0. The first-order valence-electron chi connectivity index (χ1n) is 6.67. The number of carbonyl (C=O) groups is 1. The summed E-state index contributed by atoms with van der Waals surface area (Å²) in [5.41, 5.74) is 0.694. The molecule has 4 nitrogen and oxygen atoms in total. The fraction of sp³-hybridized carbons (Fsp3) is 0.267. The lowest BCUT2D eigenvalue weighted by Gasteiger charge is -2.08. The molecule has 0 fully saturated rings. The van der Waals surface area contributed by atoms with Gasteiger partial charge in [-0.15, -0.1) is 13.2 Å². The minimum absolute atomic E-state index is 0.291. The van der Waals surface area contributed by atoms with E-state index < -0.39 is 6.36 Å². The van der Waals surface area contributed by atoms with E-state index in [4.69, 9.17) is 0 Å². The van der Waals surface area contributed by atoms with Gasteiger partial charge in [-0.25, -0.2) is 0 Å². The molecule has 0 saturated carbocycles. The van der Waals surface area contributed by atoms with Crippen LogP contribution in [0.3, 0.4) is 0 Å². The van der Waals surface area contributed by atoms with Gasteiger partial charge in [-0.1, -0.05) is 12.2 Å². The maximum Gasteiger partial charge on any atom is 0.573 e. The van der Waals surface area contributed by atoms with Crippen LogP contribution in [-0.4, -0.2) is 23.8 Å². The first-order valence-corrected chi connectivity index (χ1v) is 6.67. The lowest BCUT2D eigenvalue weighted by atomic mass is 10.2. The quantitative estimate of drug-likeness (QED) is 0.652. The highest BCUT2D eigenvalue weighted by Crippen LogP contribution is 2.26. The molecule has 1 heterocycles. The van der Waals surface area contributed by atoms with Gasteiger partial charge in [0.15, 0.2) is 0 Å². The average Bonchev–Trinajstić information content (AvgIpc) is 2.84. The van der Waals surface area contributed by atoms with Crippen LogP contribution in [0.5, 0.6) is 5.75 Å². The minimum atomic E-state index is -4.74. The monoisotopic (exact) mass is 312 g/mol. The van der Waals surface area contributed by atoms with E-state index in [-0.39, 0.29) is 11.7 Å². The van der Waals surface area contributed by atoms with Gasteiger partial charge < -0.3 is 15.0 Å². The number of hydrogen-bond donors (Lipinski definition) is 2. The molecule has 118 valence electrons. The van der Waals surface area contributed by atoms with Gasteiger partial charge in [-0.05, 0) is 31.5 Å². The average molecular weight is 312 g/mol. The zero-order valence-electron chi connectivity index (χ0n) is 11.8. The van der Waals surface area contributed by atoms with Crippen molar-refractivity contribution in [3.05, 3.63) is 42.1 Å². The van der Waals surface area contributed by atoms with E-state index in [0.29, 0.717) is 29.6 Å². The van der Waals surface area contributed by atoms with Crippen LogP contribution in [0.25, 0.3) is 10.9 Å². The van der Waals surface area contributed by atoms with Crippen molar-refractivity contribution in [2.45, 2.75) is 19.7 Å². The van der Waals surface area contributed by atoms with Crippen LogP contribution in [0, 0.1) is 0 Å². The third-order valence-electron chi connectivity index (χ3n) is 2.90. The summed E-state index contributed by atoms with van der Waals surface area (Å²) >= 11 is 0. The molecule has 1 aromatic heterocycles. The number of carbonyl (C=O) groups excluding carboxylic acids is 1. The standard InChI is InChI=1S/C15H15F3N2O2/c1-2-3-4-7-19-14(21)13-8-10-5-6-11(9-12(10)20-13)22-15(16,17)18/h2-3,5-6,8-9,20H,4,7H2,1H3,(H,19,21)/b3-2+. The van der Waals surface area contributed by atoms with E-state index in [0.717, 1.165) is 0 Å². The van der Waals surface area contributed by atoms with E-state index in [1.54, 1.807) is 6.07 Å². The fourth-order valence-electron chi connectivity index (χ4n) is 1.96. The lowest BCUT2D eigenvalue weighted by molar-refractivity contribution is -0.274. The molecule has 0 atom stereocenters. The lowest BCUT2D eigenvalue weighted by Crippen LogP contribution is -2.24. The Labute approximate surface area is 125 Å². The summed E-state index contributed by atoms with van der Waals surface area (Å²) in [5, 5.41) is 3.35. The first kappa shape index (κ1) is 15.9. The second-order valence-electron chi connectivity index (χ2n) is 4.59. The van der Waals surface area contributed by atoms with Crippen molar-refractivity contribution in [3.63, 3.8) is 0 Å². The molecule has 0 aliphatic heterocycles. The van der Waals surface area contributed by atoms with E-state index >= 15 is 0 Å². The van der Waals surface area contributed by atoms with Gasteiger partial charge in [0.05, 0.1) is 0 Å². The van der Waals surface area contributed by atoms with Crippen molar-refractivity contribution in [3.8, 4) is 5.75 Å². The van der Waals surface area contributed by atoms with Gasteiger partial charge in [0.25, 0.3) is 5.91 Å². The van der Waals surface area contributed by atoms with Gasteiger partial charge >= 0.3 is 6.36 Å². The summed E-state index contributed by atoms with van der Waals surface area (Å²) < 4.78 is 40.4. The number of aromatic nitrogens is 1. The van der Waals surface area contributed by atoms with E-state index in [2.05, 4.69) is 15.0 Å². The maximum atomic E-state index is 12.2. The van der Waals surface area contributed by atoms with E-state index in [1.165, 1.54) is 18.2 Å². The third-order valence-corrected chi connectivity index (χ3v) is 2.90. The maximum absolute atomic E-state index is 12.2. The number of ether oxygens (including phenoxy) is 1. The van der Waals surface area contributed by atoms with Crippen LogP contribution < -0.4 is 10.1 Å². The van der Waals surface area contributed by atoms with Crippen LogP contribution in [0.2, 0.25) is 0 Å². The molecule has 0 aliphatic carbocycles. The van der Waals surface area contributed by atoms with Crippen LogP contribution in [0.4, 0.5) is 13.2 Å². The Morgan fingerprint density at radius 1 is 1.36 bits per heavy atom. The Balaban J connectivity index is 2.11. The van der Waals surface area contributed by atoms with Crippen molar-refractivity contribution in [1.29, 1.82) is 0 Å². The Hall–Kier alpha value is -2.44. The van der Waals surface area contributed by atoms with E-state index in [1.807, 2.05) is 19.1 Å². The largest absolute Gasteiger partial charge is 0.573 e. The number of hydrogen-bond acceptors (Lipinski definition) is 2. The smallest absolute Gasteiger partial charge is 0.406 e. The highest BCUT2D eigenvalue weighted by Gasteiger charge is 2.31. The fourth-order valence-corrected chi connectivity index (χ4v) is 1.96. The molecule has 1 amide bonds. The number of amides is 1. The predicted octanol–water partition coefficient (Wildman–Crippen LogP) is 3.76. The molecule has 0 saturated heterocycles. The van der Waals surface area contributed by atoms with Crippen molar-refractivity contribution in [1.82, 2.24) is 10.3 Å². The molecule has 0 bridgehead atoms. The molecule has 2 N–H and O–H groups in total. The number of benzene rings is 1. The van der Waals surface area contributed by atoms with Gasteiger partial charge in [0.1, 0.15) is 11.4 Å². The summed E-state index contributed by atoms with van der Waals surface area (Å²) in [6, 6.07) is 5.46. The zero-order valence-corrected chi connectivity index (χ0v) is 11.8. The van der Waals surface area contributed by atoms with Gasteiger partial charge in [0, 0.05) is 23.5 Å². The second kappa shape index (κ2) is 6.55. The van der Waals surface area contributed by atoms with Gasteiger partial charge in [-0.2, -0.15) is 0 Å². The Morgan fingerprint density at radius 2 is 2.14 bits per heavy atom. The van der Waals surface area contributed by atoms with Crippen LogP contribution >= 0.6 is 0 Å². The number of H-pyrrole nitrogens is 1. The highest BCUT2D eigenvalue weighted by molar-refractivity contribution is 5.98. The molecule has 2 aromatic rings. The first-order chi connectivity index (χ1) is 10.4. The van der Waals surface area contributed by atoms with Gasteiger partial charge in [-0.3, -0.25) is 4.79 Å². The SMILES string of the molecule is C/C=C/CCNC(=O)c1cc2ccc(OC(F)(F)F)cc2[nH]1. The molecule has 0 unspecified atom stereocenters. The van der Waals surface area contributed by atoms with Crippen LogP contribution in [0.15, 0.2) is 36.4 Å². The summed E-state index contributed by atoms with van der Waals surface area (Å²) in [6.45, 7) is 2.38. The minimum Gasteiger partial charge on any atom is -0.406 e. The van der Waals surface area contributed by atoms with Crippen molar-refractivity contribution >= 4 is 16.8 Å².